The molecule has 196 valence electrons. The van der Waals surface area contributed by atoms with Crippen LogP contribution in [0.3, 0.4) is 0 Å². The molecule has 0 unspecified atom stereocenters. The topological polar surface area (TPSA) is 51.6 Å². The van der Waals surface area contributed by atoms with Crippen LogP contribution in [0.5, 0.6) is 0 Å². The van der Waals surface area contributed by atoms with Crippen LogP contribution in [0.1, 0.15) is 0 Å². The SMILES string of the molecule is c1ccc(-c2ccc3ccc4ccc(-c5ccccc5-c5nc(-c6ccccc6)c6ccccc6n5)nc4c3n2)cc1. The highest BCUT2D eigenvalue weighted by Crippen LogP contribution is 2.35. The molecule has 0 aliphatic heterocycles. The Morgan fingerprint density at radius 1 is 0.357 bits per heavy atom. The lowest BCUT2D eigenvalue weighted by Gasteiger charge is -2.13. The highest BCUT2D eigenvalue weighted by molar-refractivity contribution is 6.04. The zero-order valence-corrected chi connectivity index (χ0v) is 22.6. The van der Waals surface area contributed by atoms with Crippen molar-refractivity contribution in [3.05, 3.63) is 146 Å². The third-order valence-electron chi connectivity index (χ3n) is 7.68. The molecule has 0 fully saturated rings. The monoisotopic (exact) mass is 536 g/mol. The molecule has 4 heteroatoms. The van der Waals surface area contributed by atoms with Crippen molar-refractivity contribution < 1.29 is 0 Å². The predicted molar refractivity (Wildman–Crippen MR) is 172 cm³/mol. The minimum atomic E-state index is 0.674. The summed E-state index contributed by atoms with van der Waals surface area (Å²) in [7, 11) is 0. The van der Waals surface area contributed by atoms with E-state index in [1.807, 2.05) is 66.7 Å². The zero-order valence-electron chi connectivity index (χ0n) is 22.6. The van der Waals surface area contributed by atoms with Crippen LogP contribution >= 0.6 is 0 Å². The Labute approximate surface area is 243 Å². The molecule has 0 spiro atoms. The van der Waals surface area contributed by atoms with E-state index in [1.54, 1.807) is 0 Å². The minimum absolute atomic E-state index is 0.674. The van der Waals surface area contributed by atoms with Crippen molar-refractivity contribution in [1.82, 2.24) is 19.9 Å². The van der Waals surface area contributed by atoms with Crippen LogP contribution in [0, 0.1) is 0 Å². The standard InChI is InChI=1S/C38H24N4/c1-3-11-25(12-4-1)32-23-21-27-19-20-28-22-24-34(40-37(28)36(27)39-32)29-15-7-8-16-30(29)38-41-33-18-10-9-17-31(33)35(42-38)26-13-5-2-6-14-26/h1-24H. The van der Waals surface area contributed by atoms with Gasteiger partial charge in [-0.3, -0.25) is 0 Å². The first-order chi connectivity index (χ1) is 20.8. The molecule has 0 atom stereocenters. The number of aromatic nitrogens is 4. The second-order valence-electron chi connectivity index (χ2n) is 10.3. The molecule has 4 nitrogen and oxygen atoms in total. The number of hydrogen-bond acceptors (Lipinski definition) is 4. The quantitative estimate of drug-likeness (QED) is 0.210. The summed E-state index contributed by atoms with van der Waals surface area (Å²) < 4.78 is 0. The molecule has 5 aromatic carbocycles. The van der Waals surface area contributed by atoms with Crippen LogP contribution in [0.15, 0.2) is 146 Å². The fraction of sp³-hybridized carbons (Fsp3) is 0. The first-order valence-electron chi connectivity index (χ1n) is 14.0. The summed E-state index contributed by atoms with van der Waals surface area (Å²) in [5.41, 5.74) is 9.44. The largest absolute Gasteiger partial charge is 0.245 e. The van der Waals surface area contributed by atoms with Gasteiger partial charge in [0.25, 0.3) is 0 Å². The predicted octanol–water partition coefficient (Wildman–Crippen LogP) is 9.39. The molecule has 0 aliphatic carbocycles. The summed E-state index contributed by atoms with van der Waals surface area (Å²) in [6.07, 6.45) is 0. The Bertz CT molecular complexity index is 2240. The summed E-state index contributed by atoms with van der Waals surface area (Å²) in [6.45, 7) is 0. The summed E-state index contributed by atoms with van der Waals surface area (Å²) in [5.74, 6) is 0.674. The molecule has 0 saturated heterocycles. The van der Waals surface area contributed by atoms with Gasteiger partial charge in [-0.2, -0.15) is 0 Å². The highest BCUT2D eigenvalue weighted by atomic mass is 14.9. The van der Waals surface area contributed by atoms with E-state index in [0.717, 1.165) is 72.0 Å². The lowest BCUT2D eigenvalue weighted by molar-refractivity contribution is 1.23. The van der Waals surface area contributed by atoms with E-state index in [-0.39, 0.29) is 0 Å². The molecule has 0 saturated carbocycles. The van der Waals surface area contributed by atoms with Gasteiger partial charge in [0.05, 0.1) is 33.6 Å². The van der Waals surface area contributed by atoms with Gasteiger partial charge in [-0.25, -0.2) is 19.9 Å². The number of rotatable bonds is 4. The van der Waals surface area contributed by atoms with Gasteiger partial charge in [0.2, 0.25) is 0 Å². The van der Waals surface area contributed by atoms with Crippen LogP contribution < -0.4 is 0 Å². The van der Waals surface area contributed by atoms with Crippen LogP contribution in [0.4, 0.5) is 0 Å². The van der Waals surface area contributed by atoms with Gasteiger partial charge in [0.15, 0.2) is 5.82 Å². The molecule has 0 aliphatic rings. The van der Waals surface area contributed by atoms with E-state index >= 15 is 0 Å². The van der Waals surface area contributed by atoms with E-state index in [4.69, 9.17) is 19.9 Å². The molecule has 3 heterocycles. The number of nitrogens with zero attached hydrogens (tertiary/aromatic N) is 4. The first-order valence-corrected chi connectivity index (χ1v) is 14.0. The van der Waals surface area contributed by atoms with Crippen molar-refractivity contribution in [3.63, 3.8) is 0 Å². The van der Waals surface area contributed by atoms with Crippen LogP contribution in [-0.2, 0) is 0 Å². The van der Waals surface area contributed by atoms with Crippen molar-refractivity contribution in [3.8, 4) is 45.2 Å². The Morgan fingerprint density at radius 3 is 1.64 bits per heavy atom. The van der Waals surface area contributed by atoms with Gasteiger partial charge < -0.3 is 0 Å². The van der Waals surface area contributed by atoms with E-state index in [2.05, 4.69) is 78.9 Å². The number of pyridine rings is 2. The van der Waals surface area contributed by atoms with Crippen molar-refractivity contribution in [2.24, 2.45) is 0 Å². The fourth-order valence-corrected chi connectivity index (χ4v) is 5.60. The Hall–Kier alpha value is -5.74. The maximum Gasteiger partial charge on any atom is 0.161 e. The summed E-state index contributed by atoms with van der Waals surface area (Å²) >= 11 is 0. The lowest BCUT2D eigenvalue weighted by Crippen LogP contribution is -1.97. The molecular formula is C38H24N4. The number of para-hydroxylation sites is 1. The lowest BCUT2D eigenvalue weighted by atomic mass is 10.0. The van der Waals surface area contributed by atoms with Gasteiger partial charge >= 0.3 is 0 Å². The smallest absolute Gasteiger partial charge is 0.161 e. The van der Waals surface area contributed by atoms with E-state index in [0.29, 0.717) is 5.82 Å². The van der Waals surface area contributed by atoms with E-state index < -0.39 is 0 Å². The van der Waals surface area contributed by atoms with Gasteiger partial charge in [0, 0.05) is 38.4 Å². The van der Waals surface area contributed by atoms with Gasteiger partial charge in [-0.1, -0.05) is 127 Å². The number of hydrogen-bond donors (Lipinski definition) is 0. The molecule has 8 rings (SSSR count). The summed E-state index contributed by atoms with van der Waals surface area (Å²) in [6, 6.07) is 49.6. The normalized spacial score (nSPS) is 11.3. The third kappa shape index (κ3) is 4.18. The highest BCUT2D eigenvalue weighted by Gasteiger charge is 2.16. The van der Waals surface area contributed by atoms with E-state index in [9.17, 15) is 0 Å². The maximum atomic E-state index is 5.22. The molecule has 0 amide bonds. The Morgan fingerprint density at radius 2 is 0.905 bits per heavy atom. The van der Waals surface area contributed by atoms with Crippen LogP contribution in [0.25, 0.3) is 77.9 Å². The number of fused-ring (bicyclic) bond motifs is 4. The Kier molecular flexibility index (Phi) is 5.75. The van der Waals surface area contributed by atoms with Crippen molar-refractivity contribution >= 4 is 32.7 Å². The first kappa shape index (κ1) is 24.1. The van der Waals surface area contributed by atoms with Gasteiger partial charge in [-0.05, 0) is 18.2 Å². The third-order valence-corrected chi connectivity index (χ3v) is 7.68. The summed E-state index contributed by atoms with van der Waals surface area (Å²) in [5, 5.41) is 3.14. The van der Waals surface area contributed by atoms with Gasteiger partial charge in [0.1, 0.15) is 0 Å². The molecule has 0 N–H and O–H groups in total. The number of benzene rings is 5. The molecule has 0 radical (unpaired) electrons. The van der Waals surface area contributed by atoms with Crippen LogP contribution in [0.2, 0.25) is 0 Å². The maximum absolute atomic E-state index is 5.22. The Balaban J connectivity index is 1.32. The average molecular weight is 537 g/mol. The molecular weight excluding hydrogens is 512 g/mol. The van der Waals surface area contributed by atoms with E-state index in [1.165, 1.54) is 0 Å². The minimum Gasteiger partial charge on any atom is -0.245 e. The van der Waals surface area contributed by atoms with Crippen molar-refractivity contribution in [2.75, 3.05) is 0 Å². The fourth-order valence-electron chi connectivity index (χ4n) is 5.60. The average Bonchev–Trinajstić information content (AvgIpc) is 3.08. The second-order valence-corrected chi connectivity index (χ2v) is 10.3. The van der Waals surface area contributed by atoms with Crippen molar-refractivity contribution in [2.45, 2.75) is 0 Å². The van der Waals surface area contributed by atoms with Crippen LogP contribution in [-0.4, -0.2) is 19.9 Å². The summed E-state index contributed by atoms with van der Waals surface area (Å²) in [4.78, 5) is 20.5. The molecule has 42 heavy (non-hydrogen) atoms. The van der Waals surface area contributed by atoms with Crippen molar-refractivity contribution in [1.29, 1.82) is 0 Å². The second kappa shape index (κ2) is 10.0. The molecule has 0 bridgehead atoms. The molecule has 8 aromatic rings. The zero-order chi connectivity index (χ0) is 27.9. The van der Waals surface area contributed by atoms with Gasteiger partial charge in [-0.15, -0.1) is 0 Å². The molecule has 3 aromatic heterocycles.